The van der Waals surface area contributed by atoms with Crippen LogP contribution in [0.4, 0.5) is 0 Å². The van der Waals surface area contributed by atoms with E-state index < -0.39 is 0 Å². The molecule has 2 rings (SSSR count). The van der Waals surface area contributed by atoms with Gasteiger partial charge in [-0.15, -0.1) is 0 Å². The van der Waals surface area contributed by atoms with Crippen molar-refractivity contribution in [1.29, 1.82) is 5.41 Å². The first-order chi connectivity index (χ1) is 9.08. The van der Waals surface area contributed by atoms with Crippen LogP contribution >= 0.6 is 15.9 Å². The van der Waals surface area contributed by atoms with E-state index in [0.717, 1.165) is 11.0 Å². The summed E-state index contributed by atoms with van der Waals surface area (Å²) in [5, 5.41) is 7.60. The average molecular weight is 326 g/mol. The fraction of sp³-hybridized carbons (Fsp3) is 0.500. The maximum Gasteiger partial charge on any atom is 0.130 e. The third-order valence-corrected chi connectivity index (χ3v) is 4.08. The van der Waals surface area contributed by atoms with Crippen molar-refractivity contribution < 1.29 is 4.74 Å². The van der Waals surface area contributed by atoms with Gasteiger partial charge in [0.05, 0.1) is 5.56 Å². The Morgan fingerprint density at radius 1 is 1.53 bits per heavy atom. The first-order valence-corrected chi connectivity index (χ1v) is 7.34. The van der Waals surface area contributed by atoms with Crippen molar-refractivity contribution in [3.8, 4) is 5.75 Å². The highest BCUT2D eigenvalue weighted by Gasteiger charge is 2.20. The summed E-state index contributed by atoms with van der Waals surface area (Å²) in [6.07, 6.45) is 3.70. The molecule has 0 spiro atoms. The van der Waals surface area contributed by atoms with E-state index in [0.29, 0.717) is 24.0 Å². The molecule has 1 aromatic rings. The molecule has 0 aliphatic carbocycles. The lowest BCUT2D eigenvalue weighted by molar-refractivity contribution is 0.125. The van der Waals surface area contributed by atoms with E-state index in [1.165, 1.54) is 19.3 Å². The number of ether oxygens (including phenoxy) is 1. The molecule has 104 valence electrons. The lowest BCUT2D eigenvalue weighted by Gasteiger charge is -2.32. The Morgan fingerprint density at radius 2 is 2.32 bits per heavy atom. The highest BCUT2D eigenvalue weighted by Crippen LogP contribution is 2.24. The molecule has 1 fully saturated rings. The molecule has 5 heteroatoms. The number of piperidine rings is 1. The van der Waals surface area contributed by atoms with Crippen LogP contribution in [0.1, 0.15) is 24.8 Å². The lowest BCUT2D eigenvalue weighted by atomic mass is 10.0. The van der Waals surface area contributed by atoms with E-state index in [4.69, 9.17) is 15.9 Å². The summed E-state index contributed by atoms with van der Waals surface area (Å²) in [4.78, 5) is 2.34. The minimum absolute atomic E-state index is 0.0355. The zero-order chi connectivity index (χ0) is 13.8. The fourth-order valence-corrected chi connectivity index (χ4v) is 2.74. The molecule has 1 saturated heterocycles. The second kappa shape index (κ2) is 6.39. The van der Waals surface area contributed by atoms with E-state index in [-0.39, 0.29) is 5.84 Å². The molecule has 1 aliphatic rings. The molecule has 0 radical (unpaired) electrons. The van der Waals surface area contributed by atoms with E-state index in [1.807, 2.05) is 18.2 Å². The van der Waals surface area contributed by atoms with Crippen molar-refractivity contribution in [2.75, 3.05) is 20.2 Å². The molecule has 19 heavy (non-hydrogen) atoms. The molecule has 1 atom stereocenters. The van der Waals surface area contributed by atoms with Gasteiger partial charge in [0.25, 0.3) is 0 Å². The Hall–Kier alpha value is -1.07. The smallest absolute Gasteiger partial charge is 0.130 e. The highest BCUT2D eigenvalue weighted by atomic mass is 79.9. The quantitative estimate of drug-likeness (QED) is 0.660. The lowest BCUT2D eigenvalue weighted by Crippen LogP contribution is -2.40. The van der Waals surface area contributed by atoms with Crippen LogP contribution in [0.3, 0.4) is 0 Å². The van der Waals surface area contributed by atoms with Crippen molar-refractivity contribution in [3.05, 3.63) is 28.2 Å². The van der Waals surface area contributed by atoms with Gasteiger partial charge < -0.3 is 15.4 Å². The van der Waals surface area contributed by atoms with Gasteiger partial charge in [0.2, 0.25) is 0 Å². The summed E-state index contributed by atoms with van der Waals surface area (Å²) in [7, 11) is 2.14. The third-order valence-electron chi connectivity index (χ3n) is 3.58. The molecule has 0 saturated carbocycles. The fourth-order valence-electron chi connectivity index (χ4n) is 2.38. The number of nitrogens with zero attached hydrogens (tertiary/aromatic N) is 1. The molecule has 1 aliphatic heterocycles. The third kappa shape index (κ3) is 3.70. The monoisotopic (exact) mass is 325 g/mol. The molecule has 0 bridgehead atoms. The van der Waals surface area contributed by atoms with Crippen molar-refractivity contribution in [2.24, 2.45) is 5.73 Å². The summed E-state index contributed by atoms with van der Waals surface area (Å²) < 4.78 is 6.78. The number of nitrogens with two attached hydrogens (primary N) is 1. The van der Waals surface area contributed by atoms with Gasteiger partial charge in [0, 0.05) is 10.5 Å². The van der Waals surface area contributed by atoms with Crippen LogP contribution in [0.2, 0.25) is 0 Å². The van der Waals surface area contributed by atoms with Gasteiger partial charge in [-0.05, 0) is 44.6 Å². The van der Waals surface area contributed by atoms with Gasteiger partial charge in [-0.1, -0.05) is 22.4 Å². The largest absolute Gasteiger partial charge is 0.491 e. The number of benzene rings is 1. The topological polar surface area (TPSA) is 62.3 Å². The van der Waals surface area contributed by atoms with E-state index in [2.05, 4.69) is 27.9 Å². The molecule has 4 nitrogen and oxygen atoms in total. The second-order valence-corrected chi connectivity index (χ2v) is 5.91. The number of nitrogens with one attached hydrogen (secondary N) is 1. The Bertz CT molecular complexity index is 464. The number of hydrogen-bond acceptors (Lipinski definition) is 3. The summed E-state index contributed by atoms with van der Waals surface area (Å²) in [5.74, 6) is 0.725. The first kappa shape index (κ1) is 14.3. The van der Waals surface area contributed by atoms with Crippen LogP contribution in [0, 0.1) is 5.41 Å². The summed E-state index contributed by atoms with van der Waals surface area (Å²) in [5.41, 5.74) is 6.24. The SMILES string of the molecule is CN1CCCCC1COc1ccc(Br)cc1C(=N)N. The van der Waals surface area contributed by atoms with Gasteiger partial charge >= 0.3 is 0 Å². The molecule has 3 N–H and O–H groups in total. The first-order valence-electron chi connectivity index (χ1n) is 6.55. The van der Waals surface area contributed by atoms with E-state index in [9.17, 15) is 0 Å². The normalized spacial score (nSPS) is 20.2. The number of likely N-dealkylation sites (N-methyl/N-ethyl adjacent to an activating group) is 1. The number of amidine groups is 1. The maximum absolute atomic E-state index is 7.60. The van der Waals surface area contributed by atoms with Crippen molar-refractivity contribution >= 4 is 21.8 Å². The molecule has 0 amide bonds. The Kier molecular flexibility index (Phi) is 4.82. The number of likely N-dealkylation sites (tertiary alicyclic amines) is 1. The summed E-state index contributed by atoms with van der Waals surface area (Å²) in [6.45, 7) is 1.78. The van der Waals surface area contributed by atoms with Crippen molar-refractivity contribution in [3.63, 3.8) is 0 Å². The molecule has 1 heterocycles. The standard InChI is InChI=1S/C14H20BrN3O/c1-18-7-3-2-4-11(18)9-19-13-6-5-10(15)8-12(13)14(16)17/h5-6,8,11H,2-4,7,9H2,1H3,(H3,16,17). The Morgan fingerprint density at radius 3 is 3.00 bits per heavy atom. The van der Waals surface area contributed by atoms with Crippen LogP contribution in [-0.2, 0) is 0 Å². The zero-order valence-corrected chi connectivity index (χ0v) is 12.7. The number of nitrogen functional groups attached to an aromatic ring is 1. The Labute approximate surface area is 122 Å². The van der Waals surface area contributed by atoms with Crippen molar-refractivity contribution in [2.45, 2.75) is 25.3 Å². The zero-order valence-electron chi connectivity index (χ0n) is 11.2. The van der Waals surface area contributed by atoms with Crippen LogP contribution < -0.4 is 10.5 Å². The highest BCUT2D eigenvalue weighted by molar-refractivity contribution is 9.10. The van der Waals surface area contributed by atoms with Gasteiger partial charge in [-0.3, -0.25) is 5.41 Å². The van der Waals surface area contributed by atoms with Gasteiger partial charge in [-0.2, -0.15) is 0 Å². The second-order valence-electron chi connectivity index (χ2n) is 5.00. The summed E-state index contributed by atoms with van der Waals surface area (Å²) >= 11 is 3.39. The Balaban J connectivity index is 2.04. The number of hydrogen-bond donors (Lipinski definition) is 2. The predicted molar refractivity (Wildman–Crippen MR) is 80.9 cm³/mol. The van der Waals surface area contributed by atoms with Gasteiger partial charge in [0.15, 0.2) is 0 Å². The van der Waals surface area contributed by atoms with Crippen LogP contribution in [0.5, 0.6) is 5.75 Å². The number of halogens is 1. The molecule has 0 aromatic heterocycles. The van der Waals surface area contributed by atoms with E-state index in [1.54, 1.807) is 0 Å². The maximum atomic E-state index is 7.60. The molecular weight excluding hydrogens is 306 g/mol. The van der Waals surface area contributed by atoms with E-state index >= 15 is 0 Å². The van der Waals surface area contributed by atoms with Gasteiger partial charge in [-0.25, -0.2) is 0 Å². The number of rotatable bonds is 4. The molecular formula is C14H20BrN3O. The van der Waals surface area contributed by atoms with Crippen molar-refractivity contribution in [1.82, 2.24) is 4.90 Å². The van der Waals surface area contributed by atoms with Crippen LogP contribution in [-0.4, -0.2) is 37.0 Å². The predicted octanol–water partition coefficient (Wildman–Crippen LogP) is 2.60. The molecule has 1 aromatic carbocycles. The van der Waals surface area contributed by atoms with Crippen LogP contribution in [0.15, 0.2) is 22.7 Å². The molecule has 1 unspecified atom stereocenters. The average Bonchev–Trinajstić information content (AvgIpc) is 2.38. The van der Waals surface area contributed by atoms with Crippen LogP contribution in [0.25, 0.3) is 0 Å². The summed E-state index contributed by atoms with van der Waals surface area (Å²) in [6, 6.07) is 6.05. The minimum Gasteiger partial charge on any atom is -0.491 e. The van der Waals surface area contributed by atoms with Gasteiger partial charge in [0.1, 0.15) is 18.2 Å². The minimum atomic E-state index is 0.0355.